The minimum absolute atomic E-state index is 0. The average Bonchev–Trinajstić information content (AvgIpc) is 1.21. The van der Waals surface area contributed by atoms with E-state index in [-0.39, 0.29) is 114 Å². The normalized spacial score (nSPS) is 7.00. The average molecular weight is 268 g/mol. The fourth-order valence-corrected chi connectivity index (χ4v) is 0.326. The third-order valence-electron chi connectivity index (χ3n) is 0.208. The zero-order chi connectivity index (χ0) is 6.78. The van der Waals surface area contributed by atoms with Gasteiger partial charge in [-0.1, -0.05) is 0 Å². The molecule has 0 aromatic carbocycles. The van der Waals surface area contributed by atoms with Crippen LogP contribution in [0.2, 0.25) is 0 Å². The first-order valence-corrected chi connectivity index (χ1v) is 2.80. The van der Waals surface area contributed by atoms with Crippen LogP contribution in [0.15, 0.2) is 0 Å². The molecule has 72 valence electrons. The van der Waals surface area contributed by atoms with Crippen molar-refractivity contribution in [1.29, 1.82) is 0 Å². The molecule has 0 aromatic rings. The molecule has 0 unspecified atom stereocenters. The zero-order valence-corrected chi connectivity index (χ0v) is 14.3. The molecule has 0 heterocycles. The second-order valence-electron chi connectivity index (χ2n) is 0.850. The molecule has 0 saturated carbocycles. The van der Waals surface area contributed by atoms with Crippen molar-refractivity contribution < 1.29 is 103 Å². The van der Waals surface area contributed by atoms with Gasteiger partial charge in [-0.3, -0.25) is 4.55 Å². The molecule has 8 nitrogen and oxygen atoms in total. The second kappa shape index (κ2) is 17.4. The van der Waals surface area contributed by atoms with Crippen molar-refractivity contribution in [2.24, 2.45) is 0 Å². The van der Waals surface area contributed by atoms with E-state index in [1.807, 2.05) is 0 Å². The van der Waals surface area contributed by atoms with Gasteiger partial charge < -0.3 is 26.7 Å². The van der Waals surface area contributed by atoms with Crippen molar-refractivity contribution in [3.05, 3.63) is 0 Å². The Kier molecular flexibility index (Phi) is 48.3. The van der Waals surface area contributed by atoms with Crippen LogP contribution in [0.25, 0.3) is 0 Å². The molecule has 7 N–H and O–H groups in total. The van der Waals surface area contributed by atoms with Gasteiger partial charge in [0.1, 0.15) is 0 Å². The molecule has 0 saturated heterocycles. The van der Waals surface area contributed by atoms with Gasteiger partial charge >= 0.3 is 115 Å². The standard InChI is InChI=1S/BH3O6S.Ca.2Na.2H2O.4H/c2-1(3)7-8(4,5)6;;;;;;;;;/h2-3H,(H,4,5,6);;;;2*1H2;;;;/q;+2;2*+1;;;4*-1. The van der Waals surface area contributed by atoms with E-state index >= 15 is 0 Å². The van der Waals surface area contributed by atoms with Crippen molar-refractivity contribution in [3.8, 4) is 0 Å². The molecule has 0 bridgehead atoms. The smallest absolute Gasteiger partial charge is 1.00 e. The van der Waals surface area contributed by atoms with E-state index in [0.29, 0.717) is 0 Å². The third kappa shape index (κ3) is 39.6. The summed E-state index contributed by atoms with van der Waals surface area (Å²) < 4.78 is 29.6. The molecule has 0 aromatic heterocycles. The van der Waals surface area contributed by atoms with Gasteiger partial charge in [0.2, 0.25) is 0 Å². The van der Waals surface area contributed by atoms with Gasteiger partial charge in [-0.05, 0) is 0 Å². The summed E-state index contributed by atoms with van der Waals surface area (Å²) in [4.78, 5) is 0. The van der Waals surface area contributed by atoms with Crippen LogP contribution >= 0.6 is 0 Å². The summed E-state index contributed by atoms with van der Waals surface area (Å²) in [6.45, 7) is 0. The molecule has 13 heteroatoms. The van der Waals surface area contributed by atoms with Crippen molar-refractivity contribution in [3.63, 3.8) is 0 Å². The molecule has 0 rings (SSSR count). The maximum atomic E-state index is 9.46. The molecule has 0 atom stereocenters. The van der Waals surface area contributed by atoms with Crippen molar-refractivity contribution in [2.75, 3.05) is 0 Å². The Balaban J connectivity index is -0.00000000681. The summed E-state index contributed by atoms with van der Waals surface area (Å²) in [5, 5.41) is 15.4. The molecule has 0 aliphatic heterocycles. The maximum Gasteiger partial charge on any atom is 2.00 e. The Hall–Kier alpha value is 3.03. The molecular formula is H11BCaNa2O8S. The van der Waals surface area contributed by atoms with E-state index in [2.05, 4.69) is 4.10 Å². The van der Waals surface area contributed by atoms with Crippen LogP contribution in [0, 0.1) is 0 Å². The Morgan fingerprint density at radius 1 is 1.15 bits per heavy atom. The monoisotopic (exact) mass is 268 g/mol. The van der Waals surface area contributed by atoms with Crippen molar-refractivity contribution in [2.45, 2.75) is 0 Å². The van der Waals surface area contributed by atoms with E-state index in [4.69, 9.17) is 14.6 Å². The topological polar surface area (TPSA) is 167 Å². The van der Waals surface area contributed by atoms with Gasteiger partial charge in [0.25, 0.3) is 0 Å². The number of hydrogen-bond donors (Lipinski definition) is 3. The maximum absolute atomic E-state index is 9.46. The van der Waals surface area contributed by atoms with E-state index in [1.165, 1.54) is 0 Å². The first-order valence-electron chi connectivity index (χ1n) is 1.43. The minimum Gasteiger partial charge on any atom is -1.00 e. The van der Waals surface area contributed by atoms with E-state index in [1.54, 1.807) is 0 Å². The summed E-state index contributed by atoms with van der Waals surface area (Å²) in [6.07, 6.45) is 0. The van der Waals surface area contributed by atoms with E-state index < -0.39 is 17.7 Å². The van der Waals surface area contributed by atoms with Crippen LogP contribution in [0.5, 0.6) is 0 Å². The van der Waals surface area contributed by atoms with Gasteiger partial charge in [-0.25, -0.2) is 4.10 Å². The molecular weight excluding hydrogens is 257 g/mol. The molecule has 0 aliphatic rings. The second-order valence-corrected chi connectivity index (χ2v) is 1.90. The molecule has 13 heavy (non-hydrogen) atoms. The van der Waals surface area contributed by atoms with Crippen LogP contribution < -0.4 is 59.1 Å². The summed E-state index contributed by atoms with van der Waals surface area (Å²) in [5.41, 5.74) is 0. The van der Waals surface area contributed by atoms with Crippen LogP contribution in [-0.2, 0) is 14.5 Å². The molecule has 0 aliphatic carbocycles. The number of hydrogen-bond acceptors (Lipinski definition) is 5. The quantitative estimate of drug-likeness (QED) is 0.332. The Labute approximate surface area is 156 Å². The van der Waals surface area contributed by atoms with Gasteiger partial charge in [0.15, 0.2) is 0 Å². The van der Waals surface area contributed by atoms with Gasteiger partial charge in [-0.2, -0.15) is 8.42 Å². The minimum atomic E-state index is -4.72. The Morgan fingerprint density at radius 2 is 1.38 bits per heavy atom. The SMILES string of the molecule is O.O.O=S(=O)(O)OB(O)O.[Ca+2].[H-].[H-].[H-].[H-].[Na+].[Na+]. The van der Waals surface area contributed by atoms with E-state index in [0.717, 1.165) is 0 Å². The van der Waals surface area contributed by atoms with E-state index in [9.17, 15) is 8.42 Å². The fourth-order valence-electron chi connectivity index (χ4n) is 0.109. The molecule has 0 fully saturated rings. The summed E-state index contributed by atoms with van der Waals surface area (Å²) in [5.74, 6) is 0. The Bertz CT molecular complexity index is 169. The third-order valence-corrected chi connectivity index (χ3v) is 0.623. The van der Waals surface area contributed by atoms with Crippen molar-refractivity contribution in [1.82, 2.24) is 0 Å². The summed E-state index contributed by atoms with van der Waals surface area (Å²) >= 11 is 0. The van der Waals surface area contributed by atoms with Gasteiger partial charge in [0.05, 0.1) is 0 Å². The molecule has 0 radical (unpaired) electrons. The van der Waals surface area contributed by atoms with Crippen molar-refractivity contribution >= 4 is 55.5 Å². The van der Waals surface area contributed by atoms with Crippen LogP contribution in [0.4, 0.5) is 0 Å². The van der Waals surface area contributed by atoms with Gasteiger partial charge in [0, 0.05) is 0 Å². The first kappa shape index (κ1) is 36.0. The molecule has 0 spiro atoms. The molecule has 0 amide bonds. The van der Waals surface area contributed by atoms with Crippen LogP contribution in [-0.4, -0.2) is 79.0 Å². The Morgan fingerprint density at radius 3 is 1.38 bits per heavy atom. The fraction of sp³-hybridized carbons (Fsp3) is 0. The zero-order valence-electron chi connectivity index (χ0n) is 11.3. The van der Waals surface area contributed by atoms with Gasteiger partial charge in [-0.15, -0.1) is 0 Å². The largest absolute Gasteiger partial charge is 2.00 e. The predicted octanol–water partition coefficient (Wildman–Crippen LogP) is -9.80. The van der Waals surface area contributed by atoms with Crippen LogP contribution in [0.1, 0.15) is 5.71 Å². The predicted molar refractivity (Wildman–Crippen MR) is 40.3 cm³/mol. The first-order chi connectivity index (χ1) is 3.42. The summed E-state index contributed by atoms with van der Waals surface area (Å²) in [6, 6.07) is 0. The van der Waals surface area contributed by atoms with Crippen LogP contribution in [0.3, 0.4) is 0 Å². The number of rotatable bonds is 2. The summed E-state index contributed by atoms with van der Waals surface area (Å²) in [7, 11) is -7.22.